The molecule has 3 rings (SSSR count). The molecule has 0 saturated carbocycles. The number of nitrogens with one attached hydrogen (secondary N) is 2. The maximum atomic E-state index is 11.8. The van der Waals surface area contributed by atoms with E-state index in [2.05, 4.69) is 15.6 Å². The van der Waals surface area contributed by atoms with Crippen LogP contribution in [0.2, 0.25) is 0 Å². The smallest absolute Gasteiger partial charge is 0.321 e. The largest absolute Gasteiger partial charge is 0.454 e. The minimum atomic E-state index is -0.290. The Morgan fingerprint density at radius 3 is 2.82 bits per heavy atom. The van der Waals surface area contributed by atoms with Crippen LogP contribution in [0.15, 0.2) is 23.6 Å². The van der Waals surface area contributed by atoms with Crippen LogP contribution in [0.3, 0.4) is 0 Å². The highest BCUT2D eigenvalue weighted by Gasteiger charge is 2.17. The van der Waals surface area contributed by atoms with Crippen molar-refractivity contribution in [2.75, 3.05) is 12.1 Å². The van der Waals surface area contributed by atoms with Gasteiger partial charge in [0.1, 0.15) is 0 Å². The minimum Gasteiger partial charge on any atom is -0.454 e. The Balaban J connectivity index is 1.72. The number of carbonyl (C=O) groups excluding carboxylic acids is 1. The summed E-state index contributed by atoms with van der Waals surface area (Å²) in [5.74, 6) is 1.45. The fourth-order valence-corrected chi connectivity index (χ4v) is 2.70. The van der Waals surface area contributed by atoms with E-state index in [9.17, 15) is 4.79 Å². The maximum absolute atomic E-state index is 11.8. The fourth-order valence-electron chi connectivity index (χ4n) is 1.99. The average molecular weight is 319 g/mol. The van der Waals surface area contributed by atoms with Crippen LogP contribution in [0.1, 0.15) is 20.8 Å². The molecule has 0 bridgehead atoms. The topological polar surface area (TPSA) is 72.5 Å². The van der Waals surface area contributed by atoms with Gasteiger partial charge < -0.3 is 14.8 Å². The maximum Gasteiger partial charge on any atom is 0.321 e. The van der Waals surface area contributed by atoms with Crippen LogP contribution in [0.5, 0.6) is 11.5 Å². The van der Waals surface area contributed by atoms with Gasteiger partial charge >= 0.3 is 6.03 Å². The van der Waals surface area contributed by atoms with E-state index in [1.165, 1.54) is 11.3 Å². The van der Waals surface area contributed by atoms with Gasteiger partial charge in [-0.15, -0.1) is 11.3 Å². The van der Waals surface area contributed by atoms with E-state index < -0.39 is 0 Å². The number of urea groups is 1. The summed E-state index contributed by atoms with van der Waals surface area (Å²) in [6.45, 7) is 6.01. The van der Waals surface area contributed by atoms with Crippen LogP contribution in [-0.2, 0) is 0 Å². The minimum absolute atomic E-state index is 0.246. The first-order valence-corrected chi connectivity index (χ1v) is 7.73. The van der Waals surface area contributed by atoms with Gasteiger partial charge in [-0.25, -0.2) is 9.78 Å². The number of ether oxygens (including phenoxy) is 2. The van der Waals surface area contributed by atoms with E-state index in [1.54, 1.807) is 0 Å². The van der Waals surface area contributed by atoms with Crippen LogP contribution >= 0.6 is 11.3 Å². The van der Waals surface area contributed by atoms with Crippen LogP contribution in [0.4, 0.5) is 9.93 Å². The number of thiazole rings is 1. The zero-order valence-corrected chi connectivity index (χ0v) is 13.4. The van der Waals surface area contributed by atoms with Gasteiger partial charge in [0.2, 0.25) is 6.79 Å². The molecule has 2 aromatic rings. The van der Waals surface area contributed by atoms with Gasteiger partial charge in [-0.3, -0.25) is 5.32 Å². The van der Waals surface area contributed by atoms with Crippen molar-refractivity contribution in [2.24, 2.45) is 0 Å². The summed E-state index contributed by atoms with van der Waals surface area (Å²) in [6, 6.07) is 5.40. The Bertz CT molecular complexity index is 706. The van der Waals surface area contributed by atoms with Crippen LogP contribution in [0, 0.1) is 0 Å². The van der Waals surface area contributed by atoms with E-state index in [-0.39, 0.29) is 18.4 Å². The number of carbonyl (C=O) groups is 1. The predicted molar refractivity (Wildman–Crippen MR) is 85.6 cm³/mol. The van der Waals surface area contributed by atoms with Crippen molar-refractivity contribution in [3.8, 4) is 22.8 Å². The monoisotopic (exact) mass is 319 g/mol. The fraction of sp³-hybridized carbons (Fsp3) is 0.333. The number of rotatable bonds is 2. The summed E-state index contributed by atoms with van der Waals surface area (Å²) in [5, 5.41) is 8.02. The van der Waals surface area contributed by atoms with E-state index in [0.29, 0.717) is 10.9 Å². The highest BCUT2D eigenvalue weighted by molar-refractivity contribution is 7.14. The Labute approximate surface area is 132 Å². The summed E-state index contributed by atoms with van der Waals surface area (Å²) >= 11 is 1.38. The Morgan fingerprint density at radius 2 is 2.05 bits per heavy atom. The van der Waals surface area contributed by atoms with Crippen LogP contribution < -0.4 is 20.1 Å². The molecule has 1 aromatic heterocycles. The molecule has 1 aliphatic rings. The number of amides is 2. The second kappa shape index (κ2) is 5.49. The van der Waals surface area contributed by atoms with Crippen molar-refractivity contribution in [3.05, 3.63) is 23.6 Å². The van der Waals surface area contributed by atoms with Crippen molar-refractivity contribution in [1.29, 1.82) is 0 Å². The van der Waals surface area contributed by atoms with Crippen LogP contribution in [-0.4, -0.2) is 23.3 Å². The third-order valence-corrected chi connectivity index (χ3v) is 3.64. The molecule has 2 N–H and O–H groups in total. The normalized spacial score (nSPS) is 13.0. The molecule has 0 atom stereocenters. The van der Waals surface area contributed by atoms with Crippen molar-refractivity contribution < 1.29 is 14.3 Å². The lowest BCUT2D eigenvalue weighted by molar-refractivity contribution is 0.174. The van der Waals surface area contributed by atoms with E-state index in [0.717, 1.165) is 17.0 Å². The van der Waals surface area contributed by atoms with Gasteiger partial charge in [-0.05, 0) is 39.0 Å². The molecule has 2 heterocycles. The number of benzene rings is 1. The van der Waals surface area contributed by atoms with Crippen LogP contribution in [0.25, 0.3) is 11.3 Å². The lowest BCUT2D eigenvalue weighted by Crippen LogP contribution is -2.43. The third-order valence-electron chi connectivity index (χ3n) is 2.88. The molecule has 1 aliphatic heterocycles. The molecule has 0 saturated heterocycles. The van der Waals surface area contributed by atoms with E-state index >= 15 is 0 Å². The average Bonchev–Trinajstić information content (AvgIpc) is 3.03. The summed E-state index contributed by atoms with van der Waals surface area (Å²) in [6.07, 6.45) is 0. The van der Waals surface area contributed by atoms with Crippen molar-refractivity contribution in [2.45, 2.75) is 26.3 Å². The van der Waals surface area contributed by atoms with E-state index in [1.807, 2.05) is 44.4 Å². The number of hydrogen-bond donors (Lipinski definition) is 2. The number of nitrogens with zero attached hydrogens (tertiary/aromatic N) is 1. The first-order chi connectivity index (χ1) is 10.4. The van der Waals surface area contributed by atoms with Gasteiger partial charge in [-0.2, -0.15) is 0 Å². The molecule has 116 valence electrons. The van der Waals surface area contributed by atoms with Gasteiger partial charge in [0.05, 0.1) is 5.69 Å². The van der Waals surface area contributed by atoms with Gasteiger partial charge in [-0.1, -0.05) is 0 Å². The van der Waals surface area contributed by atoms with Gasteiger partial charge in [0.15, 0.2) is 16.6 Å². The standard InChI is InChI=1S/C15H17N3O3S/c1-15(2,3)18-13(19)17-14-16-10(7-22-14)9-4-5-11-12(6-9)21-8-20-11/h4-7H,8H2,1-3H3,(H2,16,17,18,19). The predicted octanol–water partition coefficient (Wildman–Crippen LogP) is 3.46. The number of hydrogen-bond acceptors (Lipinski definition) is 5. The van der Waals surface area contributed by atoms with Gasteiger partial charge in [0, 0.05) is 16.5 Å². The summed E-state index contributed by atoms with van der Waals surface area (Å²) in [7, 11) is 0. The van der Waals surface area contributed by atoms with Crippen molar-refractivity contribution in [1.82, 2.24) is 10.3 Å². The molecule has 7 heteroatoms. The number of anilines is 1. The Morgan fingerprint density at radius 1 is 1.27 bits per heavy atom. The zero-order chi connectivity index (χ0) is 15.7. The summed E-state index contributed by atoms with van der Waals surface area (Å²) in [5.41, 5.74) is 1.42. The molecule has 0 fully saturated rings. The first-order valence-electron chi connectivity index (χ1n) is 6.85. The molecule has 2 amide bonds. The Hall–Kier alpha value is -2.28. The first kappa shape index (κ1) is 14.6. The summed E-state index contributed by atoms with van der Waals surface area (Å²) in [4.78, 5) is 16.3. The second-order valence-corrected chi connectivity index (χ2v) is 6.79. The summed E-state index contributed by atoms with van der Waals surface area (Å²) < 4.78 is 10.6. The number of fused-ring (bicyclic) bond motifs is 1. The van der Waals surface area contributed by atoms with Gasteiger partial charge in [0.25, 0.3) is 0 Å². The lowest BCUT2D eigenvalue weighted by atomic mass is 10.1. The molecule has 1 aromatic carbocycles. The molecule has 0 unspecified atom stereocenters. The third kappa shape index (κ3) is 3.30. The highest BCUT2D eigenvalue weighted by Crippen LogP contribution is 2.36. The quantitative estimate of drug-likeness (QED) is 0.889. The molecule has 22 heavy (non-hydrogen) atoms. The Kier molecular flexibility index (Phi) is 3.66. The molecule has 0 spiro atoms. The zero-order valence-electron chi connectivity index (χ0n) is 12.6. The second-order valence-electron chi connectivity index (χ2n) is 5.94. The van der Waals surface area contributed by atoms with Crippen molar-refractivity contribution in [3.63, 3.8) is 0 Å². The molecule has 6 nitrogen and oxygen atoms in total. The lowest BCUT2D eigenvalue weighted by Gasteiger charge is -2.20. The molecular formula is C15H17N3O3S. The van der Waals surface area contributed by atoms with Crippen molar-refractivity contribution >= 4 is 22.5 Å². The SMILES string of the molecule is CC(C)(C)NC(=O)Nc1nc(-c2ccc3c(c2)OCO3)cs1. The molecule has 0 radical (unpaired) electrons. The number of aromatic nitrogens is 1. The van der Waals surface area contributed by atoms with E-state index in [4.69, 9.17) is 9.47 Å². The molecule has 0 aliphatic carbocycles. The molecular weight excluding hydrogens is 302 g/mol. The highest BCUT2D eigenvalue weighted by atomic mass is 32.1.